The van der Waals surface area contributed by atoms with Gasteiger partial charge in [-0.25, -0.2) is 4.79 Å². The van der Waals surface area contributed by atoms with Gasteiger partial charge in [0.2, 0.25) is 5.91 Å². The Labute approximate surface area is 93.5 Å². The molecule has 86 valence electrons. The fourth-order valence-electron chi connectivity index (χ4n) is 1.22. The largest absolute Gasteiger partial charge is 0.465 e. The number of carbonyl (C=O) groups is 2. The van der Waals surface area contributed by atoms with Crippen molar-refractivity contribution in [3.8, 4) is 0 Å². The molecule has 0 bridgehead atoms. The third-order valence-electron chi connectivity index (χ3n) is 2.14. The second-order valence-electron chi connectivity index (χ2n) is 3.36. The zero-order valence-corrected chi connectivity index (χ0v) is 8.99. The van der Waals surface area contributed by atoms with Gasteiger partial charge in [0.1, 0.15) is 0 Å². The zero-order chi connectivity index (χ0) is 12.0. The van der Waals surface area contributed by atoms with E-state index < -0.39 is 6.09 Å². The molecule has 0 heterocycles. The minimum absolute atomic E-state index is 0.221. The Balaban J connectivity index is 2.37. The minimum Gasteiger partial charge on any atom is -0.465 e. The van der Waals surface area contributed by atoms with Crippen molar-refractivity contribution in [2.24, 2.45) is 0 Å². The number of rotatable bonds is 4. The summed E-state index contributed by atoms with van der Waals surface area (Å²) in [5.74, 6) is -0.342. The molecule has 16 heavy (non-hydrogen) atoms. The number of amides is 2. The Morgan fingerprint density at radius 2 is 1.94 bits per heavy atom. The highest BCUT2D eigenvalue weighted by Gasteiger charge is 2.03. The van der Waals surface area contributed by atoms with Crippen LogP contribution in [0.3, 0.4) is 0 Å². The number of benzene rings is 1. The van der Waals surface area contributed by atoms with Crippen LogP contribution in [0.1, 0.15) is 11.1 Å². The van der Waals surface area contributed by atoms with Crippen LogP contribution in [0.4, 0.5) is 4.79 Å². The van der Waals surface area contributed by atoms with E-state index in [0.29, 0.717) is 6.54 Å². The average Bonchev–Trinajstić information content (AvgIpc) is 2.25. The third kappa shape index (κ3) is 4.00. The molecule has 5 heteroatoms. The summed E-state index contributed by atoms with van der Waals surface area (Å²) in [4.78, 5) is 21.3. The molecule has 5 nitrogen and oxygen atoms in total. The van der Waals surface area contributed by atoms with E-state index in [2.05, 4.69) is 5.32 Å². The second-order valence-corrected chi connectivity index (χ2v) is 3.36. The molecule has 0 unspecified atom stereocenters. The molecule has 0 spiro atoms. The first-order valence-electron chi connectivity index (χ1n) is 4.87. The van der Waals surface area contributed by atoms with Crippen molar-refractivity contribution < 1.29 is 14.7 Å². The molecule has 1 aromatic carbocycles. The van der Waals surface area contributed by atoms with Crippen LogP contribution < -0.4 is 10.6 Å². The predicted molar refractivity (Wildman–Crippen MR) is 59.1 cm³/mol. The molecule has 2 amide bonds. The highest BCUT2D eigenvalue weighted by atomic mass is 16.4. The number of nitrogens with one attached hydrogen (secondary N) is 2. The summed E-state index contributed by atoms with van der Waals surface area (Å²) >= 11 is 0. The number of carbonyl (C=O) groups excluding carboxylic acids is 1. The molecule has 0 saturated heterocycles. The third-order valence-corrected chi connectivity index (χ3v) is 2.14. The van der Waals surface area contributed by atoms with E-state index in [0.717, 1.165) is 11.1 Å². The van der Waals surface area contributed by atoms with Crippen LogP contribution in [-0.4, -0.2) is 23.7 Å². The summed E-state index contributed by atoms with van der Waals surface area (Å²) in [7, 11) is 0. The Morgan fingerprint density at radius 3 is 2.56 bits per heavy atom. The lowest BCUT2D eigenvalue weighted by Crippen LogP contribution is -2.35. The Hall–Kier alpha value is -2.04. The highest BCUT2D eigenvalue weighted by Crippen LogP contribution is 2.05. The lowest BCUT2D eigenvalue weighted by molar-refractivity contribution is -0.120. The smallest absolute Gasteiger partial charge is 0.405 e. The normalized spacial score (nSPS) is 9.56. The van der Waals surface area contributed by atoms with Gasteiger partial charge in [0.15, 0.2) is 0 Å². The SMILES string of the molecule is Cc1ccccc1CNC(=O)CNC(=O)O. The topological polar surface area (TPSA) is 78.4 Å². The van der Waals surface area contributed by atoms with Crippen LogP contribution in [0, 0.1) is 6.92 Å². The van der Waals surface area contributed by atoms with Crippen molar-refractivity contribution in [3.05, 3.63) is 35.4 Å². The molecular formula is C11H14N2O3. The van der Waals surface area contributed by atoms with E-state index in [1.165, 1.54) is 0 Å². The Kier molecular flexibility index (Phi) is 4.32. The van der Waals surface area contributed by atoms with Crippen LogP contribution in [0.5, 0.6) is 0 Å². The van der Waals surface area contributed by atoms with Crippen LogP contribution in [-0.2, 0) is 11.3 Å². The van der Waals surface area contributed by atoms with Crippen molar-refractivity contribution in [1.82, 2.24) is 10.6 Å². The average molecular weight is 222 g/mol. The van der Waals surface area contributed by atoms with Crippen LogP contribution >= 0.6 is 0 Å². The summed E-state index contributed by atoms with van der Waals surface area (Å²) in [5.41, 5.74) is 2.11. The molecule has 0 aliphatic rings. The first kappa shape index (κ1) is 12.0. The summed E-state index contributed by atoms with van der Waals surface area (Å²) in [5, 5.41) is 12.9. The molecule has 3 N–H and O–H groups in total. The predicted octanol–water partition coefficient (Wildman–Crippen LogP) is 0.879. The van der Waals surface area contributed by atoms with E-state index in [1.54, 1.807) is 0 Å². The summed E-state index contributed by atoms with van der Waals surface area (Å²) in [6.07, 6.45) is -1.20. The van der Waals surface area contributed by atoms with Gasteiger partial charge in [-0.05, 0) is 18.1 Å². The molecular weight excluding hydrogens is 208 g/mol. The van der Waals surface area contributed by atoms with Crippen molar-refractivity contribution in [2.75, 3.05) is 6.54 Å². The van der Waals surface area contributed by atoms with Crippen LogP contribution in [0.2, 0.25) is 0 Å². The standard InChI is InChI=1S/C11H14N2O3/c1-8-4-2-3-5-9(8)6-12-10(14)7-13-11(15)16/h2-5,13H,6-7H2,1H3,(H,12,14)(H,15,16). The fraction of sp³-hybridized carbons (Fsp3) is 0.273. The molecule has 0 saturated carbocycles. The van der Waals surface area contributed by atoms with Crippen LogP contribution in [0.15, 0.2) is 24.3 Å². The first-order chi connectivity index (χ1) is 7.59. The van der Waals surface area contributed by atoms with E-state index >= 15 is 0 Å². The van der Waals surface area contributed by atoms with Gasteiger partial charge in [0.25, 0.3) is 0 Å². The lowest BCUT2D eigenvalue weighted by Gasteiger charge is -2.07. The van der Waals surface area contributed by atoms with Gasteiger partial charge < -0.3 is 15.7 Å². The molecule has 0 aliphatic carbocycles. The Morgan fingerprint density at radius 1 is 1.25 bits per heavy atom. The maximum atomic E-state index is 11.2. The van der Waals surface area contributed by atoms with Gasteiger partial charge in [-0.15, -0.1) is 0 Å². The van der Waals surface area contributed by atoms with Gasteiger partial charge >= 0.3 is 6.09 Å². The van der Waals surface area contributed by atoms with Crippen molar-refractivity contribution in [3.63, 3.8) is 0 Å². The van der Waals surface area contributed by atoms with Crippen molar-refractivity contribution in [1.29, 1.82) is 0 Å². The van der Waals surface area contributed by atoms with E-state index in [9.17, 15) is 9.59 Å². The molecule has 0 aliphatic heterocycles. The van der Waals surface area contributed by atoms with E-state index in [1.807, 2.05) is 36.5 Å². The van der Waals surface area contributed by atoms with Gasteiger partial charge in [0.05, 0.1) is 6.54 Å². The zero-order valence-electron chi connectivity index (χ0n) is 8.99. The minimum atomic E-state index is -1.20. The number of hydrogen-bond donors (Lipinski definition) is 3. The summed E-state index contributed by atoms with van der Waals surface area (Å²) in [6, 6.07) is 7.69. The number of carboxylic acid groups (broad SMARTS) is 1. The second kappa shape index (κ2) is 5.75. The summed E-state index contributed by atoms with van der Waals surface area (Å²) < 4.78 is 0. The van der Waals surface area contributed by atoms with Gasteiger partial charge in [-0.1, -0.05) is 24.3 Å². The molecule has 1 rings (SSSR count). The monoisotopic (exact) mass is 222 g/mol. The fourth-order valence-corrected chi connectivity index (χ4v) is 1.22. The molecule has 0 fully saturated rings. The molecule has 0 aromatic heterocycles. The summed E-state index contributed by atoms with van der Waals surface area (Å²) in [6.45, 7) is 2.14. The van der Waals surface area contributed by atoms with Crippen molar-refractivity contribution >= 4 is 12.0 Å². The molecule has 0 atom stereocenters. The number of hydrogen-bond acceptors (Lipinski definition) is 2. The first-order valence-corrected chi connectivity index (χ1v) is 4.87. The molecule has 1 aromatic rings. The van der Waals surface area contributed by atoms with E-state index in [4.69, 9.17) is 5.11 Å². The quantitative estimate of drug-likeness (QED) is 0.707. The van der Waals surface area contributed by atoms with Gasteiger partial charge in [0, 0.05) is 6.54 Å². The van der Waals surface area contributed by atoms with Crippen molar-refractivity contribution in [2.45, 2.75) is 13.5 Å². The highest BCUT2D eigenvalue weighted by molar-refractivity contribution is 5.81. The van der Waals surface area contributed by atoms with Crippen LogP contribution in [0.25, 0.3) is 0 Å². The number of aryl methyl sites for hydroxylation is 1. The van der Waals surface area contributed by atoms with E-state index in [-0.39, 0.29) is 12.5 Å². The maximum absolute atomic E-state index is 11.2. The van der Waals surface area contributed by atoms with Gasteiger partial charge in [-0.2, -0.15) is 0 Å². The molecule has 0 radical (unpaired) electrons. The maximum Gasteiger partial charge on any atom is 0.405 e. The Bertz CT molecular complexity index is 391. The lowest BCUT2D eigenvalue weighted by atomic mass is 10.1. The van der Waals surface area contributed by atoms with Gasteiger partial charge in [-0.3, -0.25) is 4.79 Å².